The van der Waals surface area contributed by atoms with Crippen molar-refractivity contribution in [3.05, 3.63) is 71.3 Å². The maximum absolute atomic E-state index is 3.91. The average molecular weight is 248 g/mol. The Hall–Kier alpha value is -2.08. The van der Waals surface area contributed by atoms with E-state index in [2.05, 4.69) is 69.0 Å². The summed E-state index contributed by atoms with van der Waals surface area (Å²) < 4.78 is 0. The lowest BCUT2D eigenvalue weighted by atomic mass is 9.93. The highest BCUT2D eigenvalue weighted by Crippen LogP contribution is 2.29. The van der Waals surface area contributed by atoms with Crippen LogP contribution >= 0.6 is 0 Å². The molecule has 0 aliphatic carbocycles. The van der Waals surface area contributed by atoms with E-state index in [0.29, 0.717) is 0 Å². The number of rotatable bonds is 3. The average Bonchev–Trinajstić information content (AvgIpc) is 2.38. The van der Waals surface area contributed by atoms with Crippen LogP contribution in [0.15, 0.2) is 49.1 Å². The van der Waals surface area contributed by atoms with Gasteiger partial charge in [0.1, 0.15) is 0 Å². The molecule has 0 fully saturated rings. The molecule has 2 rings (SSSR count). The van der Waals surface area contributed by atoms with Gasteiger partial charge in [-0.05, 0) is 43.0 Å². The van der Waals surface area contributed by atoms with Crippen molar-refractivity contribution in [2.24, 2.45) is 0 Å². The molecule has 0 atom stereocenters. The van der Waals surface area contributed by atoms with Gasteiger partial charge in [0.25, 0.3) is 0 Å². The molecule has 2 aromatic rings. The van der Waals surface area contributed by atoms with Gasteiger partial charge in [-0.25, -0.2) is 0 Å². The monoisotopic (exact) mass is 248 g/mol. The smallest absolute Gasteiger partial charge is 0.0105 e. The molecule has 0 amide bonds. The number of hydrogen-bond donors (Lipinski definition) is 0. The van der Waals surface area contributed by atoms with Gasteiger partial charge < -0.3 is 0 Å². The molecule has 0 N–H and O–H groups in total. The molecule has 2 aromatic carbocycles. The summed E-state index contributed by atoms with van der Waals surface area (Å²) in [7, 11) is 0. The summed E-state index contributed by atoms with van der Waals surface area (Å²) in [5.41, 5.74) is 7.55. The number of aryl methyl sites for hydroxylation is 2. The second kappa shape index (κ2) is 5.71. The van der Waals surface area contributed by atoms with Crippen LogP contribution in [0.1, 0.15) is 29.2 Å². The van der Waals surface area contributed by atoms with Crippen LogP contribution < -0.4 is 0 Å². The molecule has 0 saturated carbocycles. The standard InChI is InChI=1S/C19H20/c1-5-8-18-16(6-2)9-7-10-19(18)17-12-14(3)11-15(4)13-17/h5-13H,2H2,1,3-4H3/b8-5-. The first-order chi connectivity index (χ1) is 9.15. The highest BCUT2D eigenvalue weighted by atomic mass is 14.1. The van der Waals surface area contributed by atoms with Crippen LogP contribution in [-0.4, -0.2) is 0 Å². The Balaban J connectivity index is 2.70. The molecular weight excluding hydrogens is 228 g/mol. The molecular formula is C19H20. The van der Waals surface area contributed by atoms with Crippen LogP contribution in [0.25, 0.3) is 23.3 Å². The lowest BCUT2D eigenvalue weighted by molar-refractivity contribution is 1.38. The van der Waals surface area contributed by atoms with Crippen LogP contribution in [0.3, 0.4) is 0 Å². The Labute approximate surface area is 116 Å². The van der Waals surface area contributed by atoms with Crippen molar-refractivity contribution in [1.29, 1.82) is 0 Å². The summed E-state index contributed by atoms with van der Waals surface area (Å²) in [6.45, 7) is 10.2. The van der Waals surface area contributed by atoms with E-state index < -0.39 is 0 Å². The van der Waals surface area contributed by atoms with E-state index in [1.54, 1.807) is 0 Å². The van der Waals surface area contributed by atoms with Crippen LogP contribution in [0.2, 0.25) is 0 Å². The van der Waals surface area contributed by atoms with Gasteiger partial charge in [0.05, 0.1) is 0 Å². The van der Waals surface area contributed by atoms with Crippen molar-refractivity contribution in [3.63, 3.8) is 0 Å². The van der Waals surface area contributed by atoms with E-state index in [-0.39, 0.29) is 0 Å². The van der Waals surface area contributed by atoms with Gasteiger partial charge >= 0.3 is 0 Å². The van der Waals surface area contributed by atoms with E-state index in [9.17, 15) is 0 Å². The van der Waals surface area contributed by atoms with Crippen molar-refractivity contribution >= 4 is 12.2 Å². The molecule has 96 valence electrons. The van der Waals surface area contributed by atoms with Gasteiger partial charge in [-0.15, -0.1) is 0 Å². The Kier molecular flexibility index (Phi) is 4.01. The van der Waals surface area contributed by atoms with E-state index in [1.165, 1.54) is 33.4 Å². The van der Waals surface area contributed by atoms with Crippen molar-refractivity contribution in [2.75, 3.05) is 0 Å². The zero-order chi connectivity index (χ0) is 13.8. The lowest BCUT2D eigenvalue weighted by Crippen LogP contribution is -1.89. The molecule has 0 aliphatic heterocycles. The molecule has 0 bridgehead atoms. The van der Waals surface area contributed by atoms with Gasteiger partial charge in [-0.2, -0.15) is 0 Å². The highest BCUT2D eigenvalue weighted by molar-refractivity contribution is 5.81. The summed E-state index contributed by atoms with van der Waals surface area (Å²) in [5.74, 6) is 0. The third kappa shape index (κ3) is 2.85. The zero-order valence-corrected chi connectivity index (χ0v) is 11.9. The first-order valence-electron chi connectivity index (χ1n) is 6.62. The topological polar surface area (TPSA) is 0 Å². The largest absolute Gasteiger partial charge is 0.0984 e. The predicted octanol–water partition coefficient (Wildman–Crippen LogP) is 5.65. The fourth-order valence-corrected chi connectivity index (χ4v) is 2.50. The summed E-state index contributed by atoms with van der Waals surface area (Å²) in [6.07, 6.45) is 6.15. The third-order valence-electron chi connectivity index (χ3n) is 3.23. The van der Waals surface area contributed by atoms with Crippen LogP contribution in [-0.2, 0) is 0 Å². The second-order valence-electron chi connectivity index (χ2n) is 4.89. The van der Waals surface area contributed by atoms with Crippen LogP contribution in [0, 0.1) is 13.8 Å². The normalized spacial score (nSPS) is 10.9. The summed E-state index contributed by atoms with van der Waals surface area (Å²) >= 11 is 0. The molecule has 0 heteroatoms. The molecule has 0 aliphatic rings. The molecule has 0 aromatic heterocycles. The molecule has 0 saturated heterocycles. The second-order valence-corrected chi connectivity index (χ2v) is 4.89. The van der Waals surface area contributed by atoms with E-state index in [1.807, 2.05) is 13.0 Å². The quantitative estimate of drug-likeness (QED) is 0.658. The molecule has 0 spiro atoms. The fourth-order valence-electron chi connectivity index (χ4n) is 2.50. The molecule has 19 heavy (non-hydrogen) atoms. The highest BCUT2D eigenvalue weighted by Gasteiger charge is 2.06. The van der Waals surface area contributed by atoms with E-state index in [4.69, 9.17) is 0 Å². The third-order valence-corrected chi connectivity index (χ3v) is 3.23. The number of hydrogen-bond acceptors (Lipinski definition) is 0. The SMILES string of the molecule is C=Cc1cccc(-c2cc(C)cc(C)c2)c1/C=C\C. The van der Waals surface area contributed by atoms with Crippen LogP contribution in [0.4, 0.5) is 0 Å². The molecule has 0 heterocycles. The summed E-state index contributed by atoms with van der Waals surface area (Å²) in [5, 5.41) is 0. The van der Waals surface area contributed by atoms with E-state index in [0.717, 1.165) is 0 Å². The zero-order valence-electron chi connectivity index (χ0n) is 11.9. The van der Waals surface area contributed by atoms with Crippen LogP contribution in [0.5, 0.6) is 0 Å². The maximum Gasteiger partial charge on any atom is -0.0105 e. The van der Waals surface area contributed by atoms with Crippen molar-refractivity contribution in [1.82, 2.24) is 0 Å². The Bertz CT molecular complexity index is 610. The first-order valence-corrected chi connectivity index (χ1v) is 6.62. The lowest BCUT2D eigenvalue weighted by Gasteiger charge is -2.11. The minimum Gasteiger partial charge on any atom is -0.0984 e. The van der Waals surface area contributed by atoms with Crippen molar-refractivity contribution in [2.45, 2.75) is 20.8 Å². The van der Waals surface area contributed by atoms with Gasteiger partial charge in [-0.3, -0.25) is 0 Å². The number of benzene rings is 2. The first kappa shape index (κ1) is 13.4. The minimum absolute atomic E-state index is 1.18. The summed E-state index contributed by atoms with van der Waals surface area (Å²) in [4.78, 5) is 0. The number of allylic oxidation sites excluding steroid dienone is 1. The minimum atomic E-state index is 1.18. The van der Waals surface area contributed by atoms with Gasteiger partial charge in [0, 0.05) is 0 Å². The Morgan fingerprint density at radius 1 is 1.00 bits per heavy atom. The predicted molar refractivity (Wildman–Crippen MR) is 86.2 cm³/mol. The Morgan fingerprint density at radius 2 is 1.68 bits per heavy atom. The molecule has 0 nitrogen and oxygen atoms in total. The molecule has 0 unspecified atom stereocenters. The Morgan fingerprint density at radius 3 is 2.26 bits per heavy atom. The fraction of sp³-hybridized carbons (Fsp3) is 0.158. The van der Waals surface area contributed by atoms with Gasteiger partial charge in [-0.1, -0.05) is 72.3 Å². The molecule has 0 radical (unpaired) electrons. The van der Waals surface area contributed by atoms with Crippen molar-refractivity contribution in [3.8, 4) is 11.1 Å². The van der Waals surface area contributed by atoms with Gasteiger partial charge in [0.15, 0.2) is 0 Å². The van der Waals surface area contributed by atoms with E-state index >= 15 is 0 Å². The van der Waals surface area contributed by atoms with Crippen molar-refractivity contribution < 1.29 is 0 Å². The van der Waals surface area contributed by atoms with Gasteiger partial charge in [0.2, 0.25) is 0 Å². The maximum atomic E-state index is 3.91. The summed E-state index contributed by atoms with van der Waals surface area (Å²) in [6, 6.07) is 13.1.